The van der Waals surface area contributed by atoms with Crippen molar-refractivity contribution in [2.45, 2.75) is 20.3 Å². The van der Waals surface area contributed by atoms with Gasteiger partial charge in [-0.25, -0.2) is 4.98 Å². The topological polar surface area (TPSA) is 83.0 Å². The van der Waals surface area contributed by atoms with Crippen molar-refractivity contribution < 1.29 is 13.3 Å². The summed E-state index contributed by atoms with van der Waals surface area (Å²) in [5, 5.41) is 13.2. The largest absolute Gasteiger partial charge is 0.456 e. The van der Waals surface area contributed by atoms with E-state index in [4.69, 9.17) is 28.2 Å². The van der Waals surface area contributed by atoms with Gasteiger partial charge in [0.2, 0.25) is 5.95 Å². The number of fused-ring (bicyclic) bond motifs is 15. The number of benzene rings is 10. The Morgan fingerprint density at radius 1 is 0.380 bits per heavy atom. The molecule has 5 aromatic heterocycles. The third-order valence-corrected chi connectivity index (χ3v) is 13.4. The summed E-state index contributed by atoms with van der Waals surface area (Å²) in [6.07, 6.45) is 1.25. The Balaban J connectivity index is 0.000000951. The van der Waals surface area contributed by atoms with Crippen molar-refractivity contribution in [1.82, 2.24) is 19.5 Å². The molecular weight excluding hydrogens is 873 g/mol. The molecule has 338 valence electrons. The van der Waals surface area contributed by atoms with Crippen LogP contribution in [0.5, 0.6) is 0 Å². The molecule has 0 amide bonds. The van der Waals surface area contributed by atoms with E-state index in [1.165, 1.54) is 17.2 Å². The highest BCUT2D eigenvalue weighted by Gasteiger charge is 2.23. The Morgan fingerprint density at radius 3 is 1.54 bits per heavy atom. The lowest BCUT2D eigenvalue weighted by Gasteiger charge is -2.13. The second-order valence-electron chi connectivity index (χ2n) is 17.8. The molecule has 15 aromatic rings. The number of aromatic nitrogens is 4. The lowest BCUT2D eigenvalue weighted by Crippen LogP contribution is -2.07. The van der Waals surface area contributed by atoms with Crippen molar-refractivity contribution in [3.8, 4) is 39.9 Å². The van der Waals surface area contributed by atoms with E-state index in [1.54, 1.807) is 0 Å². The normalized spacial score (nSPS) is 11.7. The van der Waals surface area contributed by atoms with Crippen molar-refractivity contribution in [3.63, 3.8) is 0 Å². The fourth-order valence-electron chi connectivity index (χ4n) is 10.4. The molecule has 71 heavy (non-hydrogen) atoms. The highest BCUT2D eigenvalue weighted by Crippen LogP contribution is 2.43. The van der Waals surface area contributed by atoms with Gasteiger partial charge >= 0.3 is 0 Å². The quantitative estimate of drug-likeness (QED) is 0.164. The molecule has 0 aliphatic carbocycles. The Hall–Kier alpha value is -9.33. The van der Waals surface area contributed by atoms with E-state index < -0.39 is 0 Å². The van der Waals surface area contributed by atoms with E-state index in [2.05, 4.69) is 177 Å². The predicted octanol–water partition coefficient (Wildman–Crippen LogP) is 18.2. The van der Waals surface area contributed by atoms with Gasteiger partial charge < -0.3 is 13.3 Å². The van der Waals surface area contributed by atoms with Gasteiger partial charge in [0, 0.05) is 59.8 Å². The molecule has 0 saturated heterocycles. The van der Waals surface area contributed by atoms with Gasteiger partial charge in [-0.05, 0) is 93.8 Å². The first kappa shape index (κ1) is 41.8. The van der Waals surface area contributed by atoms with Crippen LogP contribution < -0.4 is 0 Å². The average molecular weight is 917 g/mol. The third-order valence-electron chi connectivity index (χ3n) is 13.4. The summed E-state index contributed by atoms with van der Waals surface area (Å²) in [6.45, 7) is 10.2. The third kappa shape index (κ3) is 6.69. The summed E-state index contributed by atoms with van der Waals surface area (Å²) in [4.78, 5) is 16.1. The number of nitrogens with zero attached hydrogens (tertiary/aromatic N) is 4. The summed E-state index contributed by atoms with van der Waals surface area (Å²) in [5.41, 5.74) is 10.5. The van der Waals surface area contributed by atoms with Gasteiger partial charge in [-0.1, -0.05) is 148 Å². The van der Waals surface area contributed by atoms with Gasteiger partial charge in [-0.15, -0.1) is 13.2 Å². The summed E-state index contributed by atoms with van der Waals surface area (Å²) >= 11 is 0. The molecule has 15 rings (SSSR count). The highest BCUT2D eigenvalue weighted by molar-refractivity contribution is 6.20. The highest BCUT2D eigenvalue weighted by atomic mass is 16.3. The molecule has 0 aliphatic rings. The van der Waals surface area contributed by atoms with E-state index in [-0.39, 0.29) is 0 Å². The van der Waals surface area contributed by atoms with Crippen LogP contribution >= 0.6 is 0 Å². The van der Waals surface area contributed by atoms with Gasteiger partial charge in [-0.3, -0.25) is 4.57 Å². The first-order chi connectivity index (χ1) is 35.1. The van der Waals surface area contributed by atoms with Crippen LogP contribution in [0.2, 0.25) is 0 Å². The average Bonchev–Trinajstić information content (AvgIpc) is 4.19. The summed E-state index contributed by atoms with van der Waals surface area (Å²) in [6, 6.07) is 67.5. The zero-order chi connectivity index (χ0) is 47.7. The molecule has 0 aliphatic heterocycles. The molecule has 5 heterocycles. The molecule has 0 saturated carbocycles. The number of rotatable bonds is 4. The molecule has 7 nitrogen and oxygen atoms in total. The molecule has 7 heteroatoms. The van der Waals surface area contributed by atoms with Gasteiger partial charge in [0.25, 0.3) is 0 Å². The minimum atomic E-state index is 0.489. The minimum absolute atomic E-state index is 0.489. The first-order valence-corrected chi connectivity index (χ1v) is 24.0. The maximum absolute atomic E-state index is 6.63. The number of furan rings is 3. The maximum Gasteiger partial charge on any atom is 0.238 e. The predicted molar refractivity (Wildman–Crippen MR) is 295 cm³/mol. The lowest BCUT2D eigenvalue weighted by atomic mass is 9.99. The Morgan fingerprint density at radius 2 is 0.873 bits per heavy atom. The van der Waals surface area contributed by atoms with Crippen molar-refractivity contribution in [1.29, 1.82) is 0 Å². The zero-order valence-corrected chi connectivity index (χ0v) is 39.1. The van der Waals surface area contributed by atoms with E-state index in [0.29, 0.717) is 17.6 Å². The smallest absolute Gasteiger partial charge is 0.238 e. The van der Waals surface area contributed by atoms with Gasteiger partial charge in [0.1, 0.15) is 33.5 Å². The van der Waals surface area contributed by atoms with Gasteiger partial charge in [-0.2, -0.15) is 9.97 Å². The van der Waals surface area contributed by atoms with Crippen LogP contribution in [0.25, 0.3) is 149 Å². The maximum atomic E-state index is 6.63. The van der Waals surface area contributed by atoms with Crippen LogP contribution in [0.15, 0.2) is 221 Å². The molecule has 0 unspecified atom stereocenters. The molecular formula is C64H44N4O3. The van der Waals surface area contributed by atoms with E-state index in [9.17, 15) is 0 Å². The van der Waals surface area contributed by atoms with E-state index >= 15 is 0 Å². The Labute approximate surface area is 407 Å². The molecule has 0 bridgehead atoms. The Kier molecular flexibility index (Phi) is 9.85. The summed E-state index contributed by atoms with van der Waals surface area (Å²) < 4.78 is 21.7. The van der Waals surface area contributed by atoms with Crippen molar-refractivity contribution in [3.05, 3.63) is 207 Å². The van der Waals surface area contributed by atoms with Crippen molar-refractivity contribution in [2.75, 3.05) is 0 Å². The zero-order valence-electron chi connectivity index (χ0n) is 39.1. The van der Waals surface area contributed by atoms with Crippen LogP contribution in [0, 0.1) is 0 Å². The number of hydrogen-bond acceptors (Lipinski definition) is 6. The van der Waals surface area contributed by atoms with Gasteiger partial charge in [0.05, 0.1) is 11.0 Å². The summed E-state index contributed by atoms with van der Waals surface area (Å²) in [5.74, 6) is 1.53. The first-order valence-electron chi connectivity index (χ1n) is 24.0. The second kappa shape index (κ2) is 16.7. The van der Waals surface area contributed by atoms with Crippen LogP contribution in [-0.4, -0.2) is 19.5 Å². The van der Waals surface area contributed by atoms with Crippen LogP contribution in [0.3, 0.4) is 0 Å². The number of hydrogen-bond donors (Lipinski definition) is 0. The molecule has 10 aromatic carbocycles. The Bertz CT molecular complexity index is 4460. The van der Waals surface area contributed by atoms with Crippen molar-refractivity contribution in [2.24, 2.45) is 0 Å². The fraction of sp³-hybridized carbons (Fsp3) is 0.0469. The molecule has 0 atom stereocenters. The lowest BCUT2D eigenvalue weighted by molar-refractivity contribution is 0.668. The van der Waals surface area contributed by atoms with Crippen LogP contribution in [0.1, 0.15) is 20.3 Å². The standard InChI is InChI=1S/C59H32N4O3.C3H8.C2H4/c1-2-12-35-29-48-47(28-34(35)11-1)45-17-9-16-40(36-20-26-46-54(30-36)66-51-27-23-33-10-3-4-13-39(33)55(46)51)56(45)63(48)59-61-57(37-21-24-43-41-14-5-7-18-49(41)64-52(43)31-37)60-58(62-59)38-22-25-44-42-15-6-8-19-50(42)65-53(44)32-38;1-3-2;1-2/h1-32H;3H2,1-2H3;1-2H2. The minimum Gasteiger partial charge on any atom is -0.456 e. The van der Waals surface area contributed by atoms with Crippen LogP contribution in [0.4, 0.5) is 0 Å². The van der Waals surface area contributed by atoms with Crippen LogP contribution in [-0.2, 0) is 0 Å². The summed E-state index contributed by atoms with van der Waals surface area (Å²) in [7, 11) is 0. The number of para-hydroxylation sites is 3. The van der Waals surface area contributed by atoms with E-state index in [0.717, 1.165) is 121 Å². The van der Waals surface area contributed by atoms with Gasteiger partial charge in [0.15, 0.2) is 11.6 Å². The van der Waals surface area contributed by atoms with E-state index in [1.807, 2.05) is 48.5 Å². The fourth-order valence-corrected chi connectivity index (χ4v) is 10.4. The molecule has 0 N–H and O–H groups in total. The second-order valence-corrected chi connectivity index (χ2v) is 17.8. The monoisotopic (exact) mass is 916 g/mol. The SMILES string of the molecule is C=C.CCC.c1ccc2cc3c(cc2c1)c1cccc(-c2ccc4c(c2)oc2ccc5ccccc5c24)c1n3-c1nc(-c2ccc3c(c2)oc2ccccc23)nc(-c2ccc3c(c2)oc2ccccc23)n1. The molecule has 0 fully saturated rings. The molecule has 0 spiro atoms. The van der Waals surface area contributed by atoms with Crippen molar-refractivity contribution >= 4 is 109 Å². The molecule has 0 radical (unpaired) electrons.